The summed E-state index contributed by atoms with van der Waals surface area (Å²) >= 11 is 0. The number of nitrogens with zero attached hydrogens (tertiary/aromatic N) is 1. The summed E-state index contributed by atoms with van der Waals surface area (Å²) < 4.78 is 11.9. The molecule has 2 aliphatic rings. The van der Waals surface area contributed by atoms with Gasteiger partial charge in [0.25, 0.3) is 0 Å². The molecule has 0 amide bonds. The lowest BCUT2D eigenvalue weighted by Crippen LogP contribution is -2.41. The molecule has 1 aliphatic carbocycles. The summed E-state index contributed by atoms with van der Waals surface area (Å²) in [4.78, 5) is 4.44. The van der Waals surface area contributed by atoms with E-state index in [1.54, 1.807) is 6.20 Å². The molecule has 21 heavy (non-hydrogen) atoms. The highest BCUT2D eigenvalue weighted by molar-refractivity contribution is 6.52. The number of nitrogens with two attached hydrogens (primary N) is 1. The maximum absolute atomic E-state index is 6.30. The van der Waals surface area contributed by atoms with Crippen LogP contribution in [-0.4, -0.2) is 23.3 Å². The fourth-order valence-corrected chi connectivity index (χ4v) is 2.51. The molecule has 1 saturated carbocycles. The SMILES string of the molecule is CC1(C)OB(/C=C/c2ncccc2C2(N)CC2)OC1(C)C. The predicted molar refractivity (Wildman–Crippen MR) is 84.5 cm³/mol. The molecule has 1 aliphatic heterocycles. The third kappa shape index (κ3) is 2.66. The van der Waals surface area contributed by atoms with Crippen LogP contribution < -0.4 is 5.73 Å². The summed E-state index contributed by atoms with van der Waals surface area (Å²) in [5, 5.41) is 0. The van der Waals surface area contributed by atoms with Crippen LogP contribution in [0.1, 0.15) is 51.8 Å². The van der Waals surface area contributed by atoms with E-state index < -0.39 is 0 Å². The van der Waals surface area contributed by atoms with Crippen molar-refractivity contribution in [3.63, 3.8) is 0 Å². The molecule has 5 heteroatoms. The van der Waals surface area contributed by atoms with Gasteiger partial charge in [-0.3, -0.25) is 4.98 Å². The van der Waals surface area contributed by atoms with Gasteiger partial charge in [-0.1, -0.05) is 12.0 Å². The van der Waals surface area contributed by atoms with Crippen molar-refractivity contribution in [3.05, 3.63) is 35.6 Å². The third-order valence-electron chi connectivity index (χ3n) is 4.85. The Kier molecular flexibility index (Phi) is 3.28. The van der Waals surface area contributed by atoms with E-state index in [0.717, 1.165) is 24.1 Å². The van der Waals surface area contributed by atoms with Crippen molar-refractivity contribution in [1.29, 1.82) is 0 Å². The Bertz CT molecular complexity index is 563. The average molecular weight is 286 g/mol. The Balaban J connectivity index is 1.79. The first-order chi connectivity index (χ1) is 9.74. The molecular formula is C16H23BN2O2. The molecule has 0 radical (unpaired) electrons. The molecule has 2 fully saturated rings. The van der Waals surface area contributed by atoms with Gasteiger partial charge in [-0.2, -0.15) is 0 Å². The maximum Gasteiger partial charge on any atom is 0.487 e. The van der Waals surface area contributed by atoms with Crippen LogP contribution in [0.15, 0.2) is 24.3 Å². The summed E-state index contributed by atoms with van der Waals surface area (Å²) in [6, 6.07) is 4.00. The molecule has 0 aromatic carbocycles. The first kappa shape index (κ1) is 14.8. The fourth-order valence-electron chi connectivity index (χ4n) is 2.51. The van der Waals surface area contributed by atoms with Gasteiger partial charge in [-0.15, -0.1) is 0 Å². The Morgan fingerprint density at radius 1 is 1.19 bits per heavy atom. The lowest BCUT2D eigenvalue weighted by atomic mass is 9.89. The van der Waals surface area contributed by atoms with E-state index in [4.69, 9.17) is 15.0 Å². The van der Waals surface area contributed by atoms with E-state index in [0.29, 0.717) is 0 Å². The van der Waals surface area contributed by atoms with Gasteiger partial charge in [0.2, 0.25) is 0 Å². The fraction of sp³-hybridized carbons (Fsp3) is 0.562. The molecule has 1 aromatic heterocycles. The van der Waals surface area contributed by atoms with Gasteiger partial charge in [0.05, 0.1) is 16.9 Å². The molecule has 1 saturated heterocycles. The van der Waals surface area contributed by atoms with E-state index in [2.05, 4.69) is 11.1 Å². The second-order valence-corrected chi connectivity index (χ2v) is 7.08. The predicted octanol–water partition coefficient (Wildman–Crippen LogP) is 2.67. The smallest absolute Gasteiger partial charge is 0.400 e. The molecular weight excluding hydrogens is 263 g/mol. The topological polar surface area (TPSA) is 57.4 Å². The zero-order chi connectivity index (χ0) is 15.3. The summed E-state index contributed by atoms with van der Waals surface area (Å²) in [6.45, 7) is 8.19. The summed E-state index contributed by atoms with van der Waals surface area (Å²) in [7, 11) is -0.349. The van der Waals surface area contributed by atoms with Crippen molar-refractivity contribution in [2.24, 2.45) is 5.73 Å². The normalized spacial score (nSPS) is 25.5. The summed E-state index contributed by atoms with van der Waals surface area (Å²) in [5.41, 5.74) is 7.49. The number of hydrogen-bond acceptors (Lipinski definition) is 4. The van der Waals surface area contributed by atoms with E-state index in [1.165, 1.54) is 0 Å². The molecule has 1 aromatic rings. The Morgan fingerprint density at radius 3 is 2.38 bits per heavy atom. The van der Waals surface area contributed by atoms with Crippen LogP contribution in [0.4, 0.5) is 0 Å². The zero-order valence-corrected chi connectivity index (χ0v) is 13.2. The van der Waals surface area contributed by atoms with Crippen LogP contribution in [0.2, 0.25) is 0 Å². The third-order valence-corrected chi connectivity index (χ3v) is 4.85. The second kappa shape index (κ2) is 4.67. The van der Waals surface area contributed by atoms with E-state index in [9.17, 15) is 0 Å². The minimum Gasteiger partial charge on any atom is -0.400 e. The summed E-state index contributed by atoms with van der Waals surface area (Å²) in [5.74, 6) is 1.92. The summed E-state index contributed by atoms with van der Waals surface area (Å²) in [6.07, 6.45) is 5.80. The Hall–Kier alpha value is -1.17. The van der Waals surface area contributed by atoms with Crippen molar-refractivity contribution >= 4 is 13.2 Å². The Labute approximate surface area is 126 Å². The number of pyridine rings is 1. The first-order valence-corrected chi connectivity index (χ1v) is 7.52. The number of hydrogen-bond donors (Lipinski definition) is 1. The van der Waals surface area contributed by atoms with Gasteiger partial charge in [0, 0.05) is 11.7 Å². The molecule has 4 nitrogen and oxygen atoms in total. The standard InChI is InChI=1S/C16H23BN2O2/c1-14(2)15(3,4)21-17(20-14)10-7-13-12(6-5-11-19-13)16(18)8-9-16/h5-7,10-11H,8-9,18H2,1-4H3/b10-7+. The molecule has 3 rings (SSSR count). The van der Waals surface area contributed by atoms with Gasteiger partial charge in [0.1, 0.15) is 0 Å². The van der Waals surface area contributed by atoms with E-state index in [1.807, 2.05) is 45.8 Å². The highest BCUT2D eigenvalue weighted by Crippen LogP contribution is 2.44. The van der Waals surface area contributed by atoms with Crippen molar-refractivity contribution in [2.75, 3.05) is 0 Å². The van der Waals surface area contributed by atoms with Gasteiger partial charge in [0.15, 0.2) is 0 Å². The molecule has 0 bridgehead atoms. The van der Waals surface area contributed by atoms with Gasteiger partial charge < -0.3 is 15.0 Å². The quantitative estimate of drug-likeness (QED) is 0.868. The number of aromatic nitrogens is 1. The zero-order valence-electron chi connectivity index (χ0n) is 13.2. The van der Waals surface area contributed by atoms with Gasteiger partial charge >= 0.3 is 7.12 Å². The minimum atomic E-state index is -0.349. The van der Waals surface area contributed by atoms with E-state index >= 15 is 0 Å². The van der Waals surface area contributed by atoms with Crippen LogP contribution in [0.25, 0.3) is 6.08 Å². The van der Waals surface area contributed by atoms with Crippen molar-refractivity contribution in [1.82, 2.24) is 4.98 Å². The lowest BCUT2D eigenvalue weighted by molar-refractivity contribution is 0.00578. The van der Waals surface area contributed by atoms with Gasteiger partial charge in [-0.25, -0.2) is 0 Å². The monoisotopic (exact) mass is 286 g/mol. The minimum absolute atomic E-state index is 0.191. The van der Waals surface area contributed by atoms with Crippen LogP contribution in [0.5, 0.6) is 0 Å². The largest absolute Gasteiger partial charge is 0.487 e. The van der Waals surface area contributed by atoms with Crippen molar-refractivity contribution < 1.29 is 9.31 Å². The Morgan fingerprint density at radius 2 is 1.81 bits per heavy atom. The molecule has 0 spiro atoms. The average Bonchev–Trinajstić information content (AvgIpc) is 3.09. The molecule has 0 unspecified atom stereocenters. The highest BCUT2D eigenvalue weighted by Gasteiger charge is 2.50. The molecule has 2 N–H and O–H groups in total. The van der Waals surface area contributed by atoms with Crippen LogP contribution in [0.3, 0.4) is 0 Å². The first-order valence-electron chi connectivity index (χ1n) is 7.52. The van der Waals surface area contributed by atoms with Crippen LogP contribution in [0, 0.1) is 0 Å². The van der Waals surface area contributed by atoms with Crippen molar-refractivity contribution in [3.8, 4) is 0 Å². The molecule has 0 atom stereocenters. The highest BCUT2D eigenvalue weighted by atomic mass is 16.7. The lowest BCUT2D eigenvalue weighted by Gasteiger charge is -2.32. The van der Waals surface area contributed by atoms with Crippen LogP contribution in [-0.2, 0) is 14.8 Å². The second-order valence-electron chi connectivity index (χ2n) is 7.08. The van der Waals surface area contributed by atoms with Crippen molar-refractivity contribution in [2.45, 2.75) is 57.3 Å². The van der Waals surface area contributed by atoms with E-state index in [-0.39, 0.29) is 23.9 Å². The molecule has 112 valence electrons. The van der Waals surface area contributed by atoms with Gasteiger partial charge in [-0.05, 0) is 58.2 Å². The number of rotatable bonds is 3. The maximum atomic E-state index is 6.30. The molecule has 2 heterocycles. The van der Waals surface area contributed by atoms with Crippen LogP contribution >= 0.6 is 0 Å².